The van der Waals surface area contributed by atoms with Crippen LogP contribution < -0.4 is 5.32 Å². The van der Waals surface area contributed by atoms with Gasteiger partial charge in [-0.05, 0) is 49.6 Å². The summed E-state index contributed by atoms with van der Waals surface area (Å²) in [5.41, 5.74) is 2.91. The zero-order valence-corrected chi connectivity index (χ0v) is 21.2. The van der Waals surface area contributed by atoms with E-state index in [1.54, 1.807) is 24.0 Å². The van der Waals surface area contributed by atoms with Crippen molar-refractivity contribution in [1.29, 1.82) is 0 Å². The molecule has 0 bridgehead atoms. The van der Waals surface area contributed by atoms with Crippen LogP contribution in [0.2, 0.25) is 10.0 Å². The van der Waals surface area contributed by atoms with Crippen molar-refractivity contribution < 1.29 is 9.59 Å². The van der Waals surface area contributed by atoms with Crippen molar-refractivity contribution in [3.05, 3.63) is 106 Å². The SMILES string of the molecule is CC(C)NC(=O)C(C)N(Cc1ccc(Cl)c(Cl)c1)C(=O)CC(c1ccccc1)c1ccccc1. The van der Waals surface area contributed by atoms with E-state index in [-0.39, 0.29) is 36.7 Å². The Labute approximate surface area is 211 Å². The Bertz CT molecular complexity index is 1060. The summed E-state index contributed by atoms with van der Waals surface area (Å²) in [7, 11) is 0. The Kier molecular flexibility index (Phi) is 9.14. The lowest BCUT2D eigenvalue weighted by molar-refractivity contribution is -0.141. The van der Waals surface area contributed by atoms with Crippen LogP contribution in [0.5, 0.6) is 0 Å². The van der Waals surface area contributed by atoms with Crippen LogP contribution in [0.25, 0.3) is 0 Å². The molecule has 1 unspecified atom stereocenters. The van der Waals surface area contributed by atoms with Gasteiger partial charge >= 0.3 is 0 Å². The fourth-order valence-corrected chi connectivity index (χ4v) is 4.23. The van der Waals surface area contributed by atoms with Crippen molar-refractivity contribution >= 4 is 35.0 Å². The van der Waals surface area contributed by atoms with Crippen LogP contribution in [0.3, 0.4) is 0 Å². The third kappa shape index (κ3) is 6.85. The molecule has 0 aliphatic heterocycles. The first kappa shape index (κ1) is 25.8. The van der Waals surface area contributed by atoms with Crippen molar-refractivity contribution in [3.8, 4) is 0 Å². The molecule has 178 valence electrons. The van der Waals surface area contributed by atoms with Gasteiger partial charge in [0.15, 0.2) is 0 Å². The van der Waals surface area contributed by atoms with E-state index in [9.17, 15) is 9.59 Å². The molecule has 0 radical (unpaired) electrons. The smallest absolute Gasteiger partial charge is 0.242 e. The van der Waals surface area contributed by atoms with Gasteiger partial charge in [-0.1, -0.05) is 89.9 Å². The Morgan fingerprint density at radius 3 is 1.88 bits per heavy atom. The molecule has 4 nitrogen and oxygen atoms in total. The predicted octanol–water partition coefficient (Wildman–Crippen LogP) is 6.46. The number of nitrogens with one attached hydrogen (secondary N) is 1. The molecular formula is C28H30Cl2N2O2. The number of amides is 2. The second-order valence-electron chi connectivity index (χ2n) is 8.69. The maximum Gasteiger partial charge on any atom is 0.242 e. The highest BCUT2D eigenvalue weighted by Crippen LogP contribution is 2.30. The molecular weight excluding hydrogens is 467 g/mol. The molecule has 0 aliphatic carbocycles. The summed E-state index contributed by atoms with van der Waals surface area (Å²) >= 11 is 12.3. The third-order valence-corrected chi connectivity index (χ3v) is 6.46. The van der Waals surface area contributed by atoms with Crippen LogP contribution in [0.4, 0.5) is 0 Å². The van der Waals surface area contributed by atoms with Crippen LogP contribution in [-0.4, -0.2) is 28.8 Å². The number of nitrogens with zero attached hydrogens (tertiary/aromatic N) is 1. The van der Waals surface area contributed by atoms with E-state index in [4.69, 9.17) is 23.2 Å². The van der Waals surface area contributed by atoms with E-state index in [0.29, 0.717) is 10.0 Å². The summed E-state index contributed by atoms with van der Waals surface area (Å²) in [6, 6.07) is 24.5. The Balaban J connectivity index is 1.93. The van der Waals surface area contributed by atoms with Crippen LogP contribution in [0, 0.1) is 0 Å². The first-order valence-electron chi connectivity index (χ1n) is 11.4. The minimum Gasteiger partial charge on any atom is -0.352 e. The van der Waals surface area contributed by atoms with Gasteiger partial charge in [0.2, 0.25) is 11.8 Å². The van der Waals surface area contributed by atoms with Crippen LogP contribution >= 0.6 is 23.2 Å². The first-order chi connectivity index (χ1) is 16.3. The molecule has 3 aromatic carbocycles. The third-order valence-electron chi connectivity index (χ3n) is 5.72. The molecule has 0 aromatic heterocycles. The Hall–Kier alpha value is -2.82. The molecule has 0 saturated carbocycles. The number of hydrogen-bond acceptors (Lipinski definition) is 2. The van der Waals surface area contributed by atoms with E-state index in [0.717, 1.165) is 16.7 Å². The number of rotatable bonds is 9. The quantitative estimate of drug-likeness (QED) is 0.369. The molecule has 0 saturated heterocycles. The molecule has 1 atom stereocenters. The molecule has 34 heavy (non-hydrogen) atoms. The molecule has 1 N–H and O–H groups in total. The topological polar surface area (TPSA) is 49.4 Å². The second kappa shape index (κ2) is 12.0. The maximum absolute atomic E-state index is 13.8. The minimum atomic E-state index is -0.656. The highest BCUT2D eigenvalue weighted by molar-refractivity contribution is 6.42. The van der Waals surface area contributed by atoms with Crippen molar-refractivity contribution in [3.63, 3.8) is 0 Å². The number of carbonyl (C=O) groups is 2. The number of halogens is 2. The highest BCUT2D eigenvalue weighted by atomic mass is 35.5. The van der Waals surface area contributed by atoms with Gasteiger partial charge in [0, 0.05) is 24.9 Å². The zero-order chi connectivity index (χ0) is 24.7. The van der Waals surface area contributed by atoms with Crippen molar-refractivity contribution in [2.75, 3.05) is 0 Å². The molecule has 3 rings (SSSR count). The van der Waals surface area contributed by atoms with Gasteiger partial charge in [0.1, 0.15) is 6.04 Å². The second-order valence-corrected chi connectivity index (χ2v) is 9.50. The summed E-state index contributed by atoms with van der Waals surface area (Å²) in [5, 5.41) is 3.78. The average Bonchev–Trinajstić information content (AvgIpc) is 2.83. The van der Waals surface area contributed by atoms with E-state index in [2.05, 4.69) is 5.32 Å². The van der Waals surface area contributed by atoms with Crippen LogP contribution in [0.1, 0.15) is 49.8 Å². The summed E-state index contributed by atoms with van der Waals surface area (Å²) in [6.45, 7) is 5.80. The van der Waals surface area contributed by atoms with E-state index < -0.39 is 6.04 Å². The van der Waals surface area contributed by atoms with Crippen molar-refractivity contribution in [2.24, 2.45) is 0 Å². The summed E-state index contributed by atoms with van der Waals surface area (Å²) in [4.78, 5) is 28.3. The monoisotopic (exact) mass is 496 g/mol. The van der Waals surface area contributed by atoms with Crippen LogP contribution in [0.15, 0.2) is 78.9 Å². The van der Waals surface area contributed by atoms with Crippen molar-refractivity contribution in [1.82, 2.24) is 10.2 Å². The normalized spacial score (nSPS) is 12.0. The average molecular weight is 497 g/mol. The number of benzene rings is 3. The lowest BCUT2D eigenvalue weighted by atomic mass is 9.88. The molecule has 6 heteroatoms. The van der Waals surface area contributed by atoms with Crippen molar-refractivity contribution in [2.45, 2.75) is 51.7 Å². The van der Waals surface area contributed by atoms with Gasteiger partial charge in [-0.2, -0.15) is 0 Å². The first-order valence-corrected chi connectivity index (χ1v) is 12.2. The maximum atomic E-state index is 13.8. The van der Waals surface area contributed by atoms with Gasteiger partial charge in [0.25, 0.3) is 0 Å². The predicted molar refractivity (Wildman–Crippen MR) is 139 cm³/mol. The molecule has 0 heterocycles. The highest BCUT2D eigenvalue weighted by Gasteiger charge is 2.29. The Morgan fingerprint density at radius 1 is 0.824 bits per heavy atom. The number of hydrogen-bond donors (Lipinski definition) is 1. The fourth-order valence-electron chi connectivity index (χ4n) is 3.91. The molecule has 0 fully saturated rings. The van der Waals surface area contributed by atoms with E-state index >= 15 is 0 Å². The van der Waals surface area contributed by atoms with Gasteiger partial charge in [0.05, 0.1) is 10.0 Å². The molecule has 3 aromatic rings. The Morgan fingerprint density at radius 2 is 1.38 bits per heavy atom. The van der Waals surface area contributed by atoms with E-state index in [1.807, 2.05) is 80.6 Å². The molecule has 2 amide bonds. The van der Waals surface area contributed by atoms with Crippen LogP contribution in [-0.2, 0) is 16.1 Å². The van der Waals surface area contributed by atoms with E-state index in [1.165, 1.54) is 0 Å². The molecule has 0 spiro atoms. The summed E-state index contributed by atoms with van der Waals surface area (Å²) in [6.07, 6.45) is 0.231. The lowest BCUT2D eigenvalue weighted by Crippen LogP contribution is -2.49. The van der Waals surface area contributed by atoms with Gasteiger partial charge in [-0.3, -0.25) is 9.59 Å². The van der Waals surface area contributed by atoms with Gasteiger partial charge in [-0.15, -0.1) is 0 Å². The largest absolute Gasteiger partial charge is 0.352 e. The zero-order valence-electron chi connectivity index (χ0n) is 19.7. The minimum absolute atomic E-state index is 0.0294. The summed E-state index contributed by atoms with van der Waals surface area (Å²) in [5.74, 6) is -0.443. The standard InChI is InChI=1S/C28H30Cl2N2O2/c1-19(2)31-28(34)20(3)32(18-21-14-15-25(29)26(30)16-21)27(33)17-24(22-10-6-4-7-11-22)23-12-8-5-9-13-23/h4-16,19-20,24H,17-18H2,1-3H3,(H,31,34). The number of carbonyl (C=O) groups excluding carboxylic acids is 2. The van der Waals surface area contributed by atoms with Gasteiger partial charge < -0.3 is 10.2 Å². The summed E-state index contributed by atoms with van der Waals surface area (Å²) < 4.78 is 0. The molecule has 0 aliphatic rings. The van der Waals surface area contributed by atoms with Gasteiger partial charge in [-0.25, -0.2) is 0 Å². The lowest BCUT2D eigenvalue weighted by Gasteiger charge is -2.31. The fraction of sp³-hybridized carbons (Fsp3) is 0.286.